The second kappa shape index (κ2) is 8.76. The van der Waals surface area contributed by atoms with Gasteiger partial charge >= 0.3 is 0 Å². The monoisotopic (exact) mass is 346 g/mol. The molecule has 1 aromatic rings. The fourth-order valence-electron chi connectivity index (χ4n) is 3.96. The minimum Gasteiger partial charge on any atom is -0.385 e. The lowest BCUT2D eigenvalue weighted by atomic mass is 9.73. The van der Waals surface area contributed by atoms with Crippen LogP contribution in [0.3, 0.4) is 0 Å². The topological polar surface area (TPSA) is 9.23 Å². The first-order valence-electron chi connectivity index (χ1n) is 9.22. The van der Waals surface area contributed by atoms with Crippen LogP contribution in [0.2, 0.25) is 0 Å². The number of aryl methyl sites for hydroxylation is 2. The van der Waals surface area contributed by atoms with E-state index in [9.17, 15) is 0 Å². The van der Waals surface area contributed by atoms with E-state index in [1.165, 1.54) is 47.1 Å². The first-order chi connectivity index (χ1) is 11.5. The molecule has 0 saturated carbocycles. The van der Waals surface area contributed by atoms with Gasteiger partial charge in [0.05, 0.1) is 0 Å². The lowest BCUT2D eigenvalue weighted by molar-refractivity contribution is 0.470. The fraction of sp³-hybridized carbons (Fsp3) is 0.545. The van der Waals surface area contributed by atoms with E-state index in [1.54, 1.807) is 0 Å². The molecule has 1 nitrogen and oxygen atoms in total. The zero-order chi connectivity index (χ0) is 17.7. The van der Waals surface area contributed by atoms with Gasteiger partial charge in [-0.1, -0.05) is 49.6 Å². The molecule has 0 saturated heterocycles. The predicted octanol–water partition coefficient (Wildman–Crippen LogP) is 7.28. The zero-order valence-corrected chi connectivity index (χ0v) is 16.4. The lowest BCUT2D eigenvalue weighted by Crippen LogP contribution is -2.18. The summed E-state index contributed by atoms with van der Waals surface area (Å²) in [7, 11) is 0. The maximum Gasteiger partial charge on any atom is 0.150 e. The molecule has 0 bridgehead atoms. The van der Waals surface area contributed by atoms with Gasteiger partial charge in [0.1, 0.15) is 11.9 Å². The molecule has 0 heterocycles. The van der Waals surface area contributed by atoms with Crippen molar-refractivity contribution in [2.24, 2.45) is 5.92 Å². The molecule has 0 spiro atoms. The van der Waals surface area contributed by atoms with Crippen LogP contribution < -0.4 is 4.29 Å². The Hall–Kier alpha value is -1.21. The number of benzene rings is 1. The zero-order valence-electron chi connectivity index (χ0n) is 15.6. The van der Waals surface area contributed by atoms with Crippen molar-refractivity contribution in [3.05, 3.63) is 52.6 Å². The number of hydrogen-bond acceptors (Lipinski definition) is 1. The van der Waals surface area contributed by atoms with Crippen LogP contribution in [0.15, 0.2) is 35.9 Å². The summed E-state index contributed by atoms with van der Waals surface area (Å²) in [6.07, 6.45) is 9.50. The molecule has 0 fully saturated rings. The normalized spacial score (nSPS) is 20.6. The van der Waals surface area contributed by atoms with Gasteiger partial charge in [-0.3, -0.25) is 0 Å². The molecule has 2 rings (SSSR count). The van der Waals surface area contributed by atoms with Crippen LogP contribution in [0, 0.1) is 12.8 Å². The smallest absolute Gasteiger partial charge is 0.150 e. The number of rotatable bonds is 7. The molecule has 2 atom stereocenters. The minimum atomic E-state index is 0.315. The van der Waals surface area contributed by atoms with Crippen LogP contribution in [-0.4, -0.2) is 0 Å². The SMILES string of the molecule is C=C(C)[C@@H]1CCC(C)=C[C@H]1c1c(C)cc(CCCCC)cc1OCl. The Bertz CT molecular complexity index is 615. The van der Waals surface area contributed by atoms with E-state index >= 15 is 0 Å². The summed E-state index contributed by atoms with van der Waals surface area (Å²) in [6.45, 7) is 13.0. The molecule has 0 aromatic heterocycles. The van der Waals surface area contributed by atoms with E-state index in [0.29, 0.717) is 11.8 Å². The summed E-state index contributed by atoms with van der Waals surface area (Å²) in [5.74, 6) is 1.60. The molecule has 1 aliphatic rings. The van der Waals surface area contributed by atoms with Crippen molar-refractivity contribution >= 4 is 11.9 Å². The van der Waals surface area contributed by atoms with Crippen LogP contribution in [0.5, 0.6) is 5.75 Å². The van der Waals surface area contributed by atoms with Crippen LogP contribution in [0.1, 0.15) is 75.5 Å². The third-order valence-corrected chi connectivity index (χ3v) is 5.44. The van der Waals surface area contributed by atoms with Crippen molar-refractivity contribution in [2.45, 2.75) is 72.1 Å². The second-order valence-electron chi connectivity index (χ2n) is 7.39. The number of allylic oxidation sites excluding steroid dienone is 3. The van der Waals surface area contributed by atoms with Crippen molar-refractivity contribution in [3.63, 3.8) is 0 Å². The molecule has 0 N–H and O–H groups in total. The van der Waals surface area contributed by atoms with E-state index < -0.39 is 0 Å². The first-order valence-corrected chi connectivity index (χ1v) is 9.53. The number of unbranched alkanes of at least 4 members (excludes halogenated alkanes) is 2. The van der Waals surface area contributed by atoms with Gasteiger partial charge < -0.3 is 4.29 Å². The molecular weight excluding hydrogens is 316 g/mol. The summed E-state index contributed by atoms with van der Waals surface area (Å²) in [6, 6.07) is 4.45. The molecule has 132 valence electrons. The second-order valence-corrected chi connectivity index (χ2v) is 7.54. The summed E-state index contributed by atoms with van der Waals surface area (Å²) in [5.41, 5.74) is 6.53. The standard InChI is InChI=1S/C22H31ClO/c1-6-7-8-9-18-13-17(5)22(21(14-18)24-23)20-12-16(4)10-11-19(20)15(2)3/h12-14,19-20H,2,6-11H2,1,3-5H3/t19-,20+/m0/s1. The fourth-order valence-corrected chi connectivity index (χ4v) is 4.09. The molecule has 0 aliphatic heterocycles. The van der Waals surface area contributed by atoms with Gasteiger partial charge in [0.15, 0.2) is 5.75 Å². The van der Waals surface area contributed by atoms with Gasteiger partial charge in [0.25, 0.3) is 0 Å². The molecule has 2 heteroatoms. The van der Waals surface area contributed by atoms with E-state index in [-0.39, 0.29) is 0 Å². The molecule has 1 aromatic carbocycles. The maximum atomic E-state index is 5.88. The third kappa shape index (κ3) is 4.45. The Morgan fingerprint density at radius 2 is 2.04 bits per heavy atom. The van der Waals surface area contributed by atoms with Gasteiger partial charge in [-0.05, 0) is 69.6 Å². The van der Waals surface area contributed by atoms with Gasteiger partial charge in [0.2, 0.25) is 0 Å². The van der Waals surface area contributed by atoms with Crippen molar-refractivity contribution in [2.75, 3.05) is 0 Å². The Morgan fingerprint density at radius 3 is 2.67 bits per heavy atom. The predicted molar refractivity (Wildman–Crippen MR) is 105 cm³/mol. The lowest BCUT2D eigenvalue weighted by Gasteiger charge is -2.32. The van der Waals surface area contributed by atoms with Gasteiger partial charge in [-0.25, -0.2) is 0 Å². The first kappa shape index (κ1) is 19.1. The highest BCUT2D eigenvalue weighted by Gasteiger charge is 2.29. The highest BCUT2D eigenvalue weighted by atomic mass is 35.5. The molecule has 24 heavy (non-hydrogen) atoms. The van der Waals surface area contributed by atoms with Gasteiger partial charge in [-0.2, -0.15) is 0 Å². The highest BCUT2D eigenvalue weighted by Crippen LogP contribution is 2.44. The van der Waals surface area contributed by atoms with Crippen LogP contribution in [0.4, 0.5) is 0 Å². The average Bonchev–Trinajstić information content (AvgIpc) is 2.54. The number of hydrogen-bond donors (Lipinski definition) is 0. The average molecular weight is 347 g/mol. The van der Waals surface area contributed by atoms with Crippen molar-refractivity contribution in [3.8, 4) is 5.75 Å². The van der Waals surface area contributed by atoms with E-state index in [4.69, 9.17) is 16.2 Å². The minimum absolute atomic E-state index is 0.315. The van der Waals surface area contributed by atoms with Crippen LogP contribution in [-0.2, 0) is 6.42 Å². The van der Waals surface area contributed by atoms with Crippen LogP contribution >= 0.6 is 11.9 Å². The molecule has 0 unspecified atom stereocenters. The molecule has 0 amide bonds. The Kier molecular flexibility index (Phi) is 6.98. The molecule has 1 aliphatic carbocycles. The molecular formula is C22H31ClO. The van der Waals surface area contributed by atoms with Crippen molar-refractivity contribution in [1.82, 2.24) is 0 Å². The Morgan fingerprint density at radius 1 is 1.29 bits per heavy atom. The van der Waals surface area contributed by atoms with E-state index in [0.717, 1.165) is 25.0 Å². The third-order valence-electron chi connectivity index (χ3n) is 5.27. The van der Waals surface area contributed by atoms with Gasteiger partial charge in [-0.15, -0.1) is 0 Å². The summed E-state index contributed by atoms with van der Waals surface area (Å²) in [4.78, 5) is 0. The van der Waals surface area contributed by atoms with E-state index in [1.807, 2.05) is 0 Å². The van der Waals surface area contributed by atoms with Gasteiger partial charge in [0, 0.05) is 11.5 Å². The molecule has 0 radical (unpaired) electrons. The maximum absolute atomic E-state index is 5.88. The largest absolute Gasteiger partial charge is 0.385 e. The van der Waals surface area contributed by atoms with E-state index in [2.05, 4.69) is 52.5 Å². The van der Waals surface area contributed by atoms with Crippen molar-refractivity contribution < 1.29 is 4.29 Å². The Labute approximate surface area is 152 Å². The summed E-state index contributed by atoms with van der Waals surface area (Å²) in [5, 5.41) is 0. The Balaban J connectivity index is 2.40. The summed E-state index contributed by atoms with van der Waals surface area (Å²) >= 11 is 5.88. The number of halogens is 1. The quantitative estimate of drug-likeness (QED) is 0.372. The highest BCUT2D eigenvalue weighted by molar-refractivity contribution is 6.09. The summed E-state index contributed by atoms with van der Waals surface area (Å²) < 4.78 is 5.30. The van der Waals surface area contributed by atoms with Crippen molar-refractivity contribution in [1.29, 1.82) is 0 Å². The van der Waals surface area contributed by atoms with Crippen LogP contribution in [0.25, 0.3) is 0 Å².